The Morgan fingerprint density at radius 2 is 2.20 bits per heavy atom. The van der Waals surface area contributed by atoms with Crippen LogP contribution in [-0.2, 0) is 6.54 Å². The molecular formula is C15H27BrN4. The van der Waals surface area contributed by atoms with Crippen molar-refractivity contribution in [3.8, 4) is 0 Å². The second-order valence-electron chi connectivity index (χ2n) is 6.14. The Balaban J connectivity index is 2.19. The van der Waals surface area contributed by atoms with E-state index in [0.29, 0.717) is 12.0 Å². The summed E-state index contributed by atoms with van der Waals surface area (Å²) >= 11 is 3.70. The second-order valence-corrected chi connectivity index (χ2v) is 6.99. The van der Waals surface area contributed by atoms with E-state index >= 15 is 0 Å². The molecule has 2 unspecified atom stereocenters. The Morgan fingerprint density at radius 3 is 2.75 bits per heavy atom. The molecule has 1 aliphatic carbocycles. The molecule has 5 heteroatoms. The van der Waals surface area contributed by atoms with Gasteiger partial charge in [0.05, 0.1) is 29.0 Å². The number of nitrogens with one attached hydrogen (secondary N) is 1. The lowest BCUT2D eigenvalue weighted by Gasteiger charge is -2.26. The molecule has 1 fully saturated rings. The van der Waals surface area contributed by atoms with Gasteiger partial charge in [0.1, 0.15) is 0 Å². The van der Waals surface area contributed by atoms with Crippen LogP contribution in [0.1, 0.15) is 38.4 Å². The van der Waals surface area contributed by atoms with Crippen LogP contribution in [0.5, 0.6) is 0 Å². The van der Waals surface area contributed by atoms with Crippen molar-refractivity contribution in [1.82, 2.24) is 20.0 Å². The molecule has 0 saturated heterocycles. The normalized spacial score (nSPS) is 18.5. The van der Waals surface area contributed by atoms with Gasteiger partial charge in [-0.15, -0.1) is 0 Å². The molecule has 1 aromatic rings. The molecule has 1 N–H and O–H groups in total. The van der Waals surface area contributed by atoms with Crippen LogP contribution < -0.4 is 5.32 Å². The zero-order chi connectivity index (χ0) is 14.7. The number of aromatic nitrogens is 2. The molecule has 0 aliphatic heterocycles. The number of likely N-dealkylation sites (N-methyl/N-ethyl adjacent to an activating group) is 1. The summed E-state index contributed by atoms with van der Waals surface area (Å²) in [6, 6.07) is 0.395. The Bertz CT molecular complexity index is 426. The van der Waals surface area contributed by atoms with Gasteiger partial charge in [0.25, 0.3) is 0 Å². The molecule has 114 valence electrons. The zero-order valence-corrected chi connectivity index (χ0v) is 14.7. The van der Waals surface area contributed by atoms with Gasteiger partial charge < -0.3 is 10.2 Å². The largest absolute Gasteiger partial charge is 0.309 e. The average Bonchev–Trinajstić information content (AvgIpc) is 3.18. The second kappa shape index (κ2) is 7.05. The highest BCUT2D eigenvalue weighted by Gasteiger charge is 2.35. The third-order valence-electron chi connectivity index (χ3n) is 4.20. The smallest absolute Gasteiger partial charge is 0.0699 e. The molecule has 2 rings (SSSR count). The third kappa shape index (κ3) is 3.83. The van der Waals surface area contributed by atoms with E-state index < -0.39 is 0 Å². The number of hydrogen-bond donors (Lipinski definition) is 1. The highest BCUT2D eigenvalue weighted by molar-refractivity contribution is 9.10. The molecule has 1 heterocycles. The minimum Gasteiger partial charge on any atom is -0.309 e. The van der Waals surface area contributed by atoms with Crippen molar-refractivity contribution in [2.75, 3.05) is 27.2 Å². The lowest BCUT2D eigenvalue weighted by molar-refractivity contribution is 0.318. The van der Waals surface area contributed by atoms with E-state index in [9.17, 15) is 0 Å². The summed E-state index contributed by atoms with van der Waals surface area (Å²) in [5.41, 5.74) is 1.31. The van der Waals surface area contributed by atoms with Crippen LogP contribution in [0, 0.1) is 11.8 Å². The molecular weight excluding hydrogens is 316 g/mol. The zero-order valence-electron chi connectivity index (χ0n) is 13.1. The molecule has 0 spiro atoms. The predicted molar refractivity (Wildman–Crippen MR) is 86.8 cm³/mol. The van der Waals surface area contributed by atoms with Gasteiger partial charge in [0, 0.05) is 6.54 Å². The predicted octanol–water partition coefficient (Wildman–Crippen LogP) is 2.90. The molecule has 1 aromatic heterocycles. The van der Waals surface area contributed by atoms with Crippen molar-refractivity contribution < 1.29 is 0 Å². The monoisotopic (exact) mass is 342 g/mol. The number of hydrogen-bond acceptors (Lipinski definition) is 3. The standard InChI is InChI=1S/C15H27BrN4/c1-5-17-14(11(2)12-6-7-12)15-13(16)10-18-20(15)9-8-19(3)4/h10-12,14,17H,5-9H2,1-4H3. The molecule has 20 heavy (non-hydrogen) atoms. The van der Waals surface area contributed by atoms with Gasteiger partial charge in [-0.3, -0.25) is 4.68 Å². The Labute approximate surface area is 131 Å². The summed E-state index contributed by atoms with van der Waals surface area (Å²) in [6.45, 7) is 7.50. The fourth-order valence-corrected chi connectivity index (χ4v) is 3.34. The van der Waals surface area contributed by atoms with Crippen molar-refractivity contribution in [1.29, 1.82) is 0 Å². The quantitative estimate of drug-likeness (QED) is 0.788. The van der Waals surface area contributed by atoms with Crippen molar-refractivity contribution in [3.05, 3.63) is 16.4 Å². The molecule has 0 aromatic carbocycles. The fourth-order valence-electron chi connectivity index (χ4n) is 2.80. The summed E-state index contributed by atoms with van der Waals surface area (Å²) < 4.78 is 3.30. The first kappa shape index (κ1) is 16.0. The summed E-state index contributed by atoms with van der Waals surface area (Å²) in [5.74, 6) is 1.55. The molecule has 0 bridgehead atoms. The fraction of sp³-hybridized carbons (Fsp3) is 0.800. The van der Waals surface area contributed by atoms with Gasteiger partial charge in [-0.2, -0.15) is 5.10 Å². The first-order valence-electron chi connectivity index (χ1n) is 7.63. The third-order valence-corrected chi connectivity index (χ3v) is 4.81. The maximum atomic E-state index is 4.56. The van der Waals surface area contributed by atoms with Crippen LogP contribution in [0.3, 0.4) is 0 Å². The molecule has 1 saturated carbocycles. The van der Waals surface area contributed by atoms with Crippen LogP contribution in [-0.4, -0.2) is 41.9 Å². The van der Waals surface area contributed by atoms with E-state index in [1.54, 1.807) is 0 Å². The molecule has 4 nitrogen and oxygen atoms in total. The van der Waals surface area contributed by atoms with Crippen molar-refractivity contribution in [3.63, 3.8) is 0 Å². The highest BCUT2D eigenvalue weighted by Crippen LogP contribution is 2.43. The summed E-state index contributed by atoms with van der Waals surface area (Å²) in [5, 5.41) is 8.23. The van der Waals surface area contributed by atoms with Crippen molar-refractivity contribution in [2.45, 2.75) is 39.3 Å². The van der Waals surface area contributed by atoms with Gasteiger partial charge >= 0.3 is 0 Å². The van der Waals surface area contributed by atoms with Crippen molar-refractivity contribution in [2.24, 2.45) is 11.8 Å². The summed E-state index contributed by atoms with van der Waals surface area (Å²) in [4.78, 5) is 2.20. The van der Waals surface area contributed by atoms with Gasteiger partial charge in [-0.25, -0.2) is 0 Å². The highest BCUT2D eigenvalue weighted by atomic mass is 79.9. The number of rotatable bonds is 8. The van der Waals surface area contributed by atoms with E-state index in [1.807, 2.05) is 6.20 Å². The van der Waals surface area contributed by atoms with E-state index in [2.05, 4.69) is 63.9 Å². The number of halogens is 1. The minimum absolute atomic E-state index is 0.395. The van der Waals surface area contributed by atoms with E-state index in [-0.39, 0.29) is 0 Å². The Kier molecular flexibility index (Phi) is 5.64. The SMILES string of the molecule is CCNC(c1c(Br)cnn1CCN(C)C)C(C)C1CC1. The van der Waals surface area contributed by atoms with Crippen LogP contribution in [0.15, 0.2) is 10.7 Å². The van der Waals surface area contributed by atoms with Crippen LogP contribution in [0.4, 0.5) is 0 Å². The lowest BCUT2D eigenvalue weighted by atomic mass is 9.94. The number of nitrogens with zero attached hydrogens (tertiary/aromatic N) is 3. The molecule has 1 aliphatic rings. The van der Waals surface area contributed by atoms with Gasteiger partial charge in [0.15, 0.2) is 0 Å². The molecule has 0 radical (unpaired) electrons. The molecule has 0 amide bonds. The van der Waals surface area contributed by atoms with E-state index in [1.165, 1.54) is 18.5 Å². The van der Waals surface area contributed by atoms with Gasteiger partial charge in [-0.05, 0) is 61.2 Å². The summed E-state index contributed by atoms with van der Waals surface area (Å²) in [7, 11) is 4.21. The average molecular weight is 343 g/mol. The minimum atomic E-state index is 0.395. The van der Waals surface area contributed by atoms with Gasteiger partial charge in [-0.1, -0.05) is 13.8 Å². The van der Waals surface area contributed by atoms with E-state index in [0.717, 1.165) is 30.0 Å². The Hall–Kier alpha value is -0.390. The maximum Gasteiger partial charge on any atom is 0.0699 e. The summed E-state index contributed by atoms with van der Waals surface area (Å²) in [6.07, 6.45) is 4.70. The van der Waals surface area contributed by atoms with Crippen LogP contribution in [0.2, 0.25) is 0 Å². The first-order valence-corrected chi connectivity index (χ1v) is 8.43. The first-order chi connectivity index (χ1) is 9.54. The van der Waals surface area contributed by atoms with Crippen LogP contribution in [0.25, 0.3) is 0 Å². The maximum absolute atomic E-state index is 4.56. The van der Waals surface area contributed by atoms with Gasteiger partial charge in [0.2, 0.25) is 0 Å². The molecule has 2 atom stereocenters. The van der Waals surface area contributed by atoms with Crippen molar-refractivity contribution >= 4 is 15.9 Å². The van der Waals surface area contributed by atoms with E-state index in [4.69, 9.17) is 0 Å². The topological polar surface area (TPSA) is 33.1 Å². The lowest BCUT2D eigenvalue weighted by Crippen LogP contribution is -2.31. The Morgan fingerprint density at radius 1 is 1.50 bits per heavy atom. The van der Waals surface area contributed by atoms with Crippen LogP contribution >= 0.6 is 15.9 Å².